The van der Waals surface area contributed by atoms with Gasteiger partial charge in [0.1, 0.15) is 17.7 Å². The number of aliphatic hydroxyl groups is 1. The van der Waals surface area contributed by atoms with Crippen LogP contribution in [0, 0.1) is 5.82 Å². The molecule has 0 bridgehead atoms. The van der Waals surface area contributed by atoms with E-state index in [1.54, 1.807) is 12.1 Å². The summed E-state index contributed by atoms with van der Waals surface area (Å²) < 4.78 is 18.9. The number of para-hydroxylation sites is 1. The minimum Gasteiger partial charge on any atom is -0.488 e. The largest absolute Gasteiger partial charge is 0.488 e. The van der Waals surface area contributed by atoms with Crippen molar-refractivity contribution >= 4 is 5.96 Å². The Balaban J connectivity index is 1.53. The number of guanidine groups is 1. The first-order valence-electron chi connectivity index (χ1n) is 8.86. The fourth-order valence-electron chi connectivity index (χ4n) is 2.89. The van der Waals surface area contributed by atoms with Crippen molar-refractivity contribution in [2.24, 2.45) is 4.99 Å². The van der Waals surface area contributed by atoms with Crippen molar-refractivity contribution in [1.29, 1.82) is 0 Å². The number of nitrogens with zero attached hydrogens (tertiary/aromatic N) is 1. The van der Waals surface area contributed by atoms with Crippen LogP contribution in [0.15, 0.2) is 53.5 Å². The van der Waals surface area contributed by atoms with Crippen LogP contribution in [0.5, 0.6) is 5.75 Å². The van der Waals surface area contributed by atoms with Gasteiger partial charge in [-0.15, -0.1) is 0 Å². The van der Waals surface area contributed by atoms with Crippen molar-refractivity contribution in [3.63, 3.8) is 0 Å². The van der Waals surface area contributed by atoms with Gasteiger partial charge in [0, 0.05) is 13.0 Å². The smallest absolute Gasteiger partial charge is 0.191 e. The Bertz CT molecular complexity index is 724. The maximum absolute atomic E-state index is 13.0. The summed E-state index contributed by atoms with van der Waals surface area (Å²) in [7, 11) is 0. The van der Waals surface area contributed by atoms with Gasteiger partial charge >= 0.3 is 0 Å². The topological polar surface area (TPSA) is 65.9 Å². The number of halogens is 1. The molecule has 3 N–H and O–H groups in total. The Morgan fingerprint density at radius 1 is 1.23 bits per heavy atom. The average molecular weight is 357 g/mol. The lowest BCUT2D eigenvalue weighted by molar-refractivity contribution is 0.187. The zero-order valence-corrected chi connectivity index (χ0v) is 14.8. The van der Waals surface area contributed by atoms with Crippen LogP contribution in [0.1, 0.15) is 24.2 Å². The number of nitrogens with one attached hydrogen (secondary N) is 2. The first-order valence-corrected chi connectivity index (χ1v) is 8.86. The number of rotatable bonds is 6. The van der Waals surface area contributed by atoms with E-state index in [9.17, 15) is 9.50 Å². The molecule has 0 fully saturated rings. The quantitative estimate of drug-likeness (QED) is 0.549. The Morgan fingerprint density at radius 2 is 2.00 bits per heavy atom. The first-order chi connectivity index (χ1) is 12.7. The van der Waals surface area contributed by atoms with Crippen LogP contribution in [-0.2, 0) is 6.42 Å². The van der Waals surface area contributed by atoms with E-state index in [1.165, 1.54) is 17.7 Å². The summed E-state index contributed by atoms with van der Waals surface area (Å²) in [6.07, 6.45) is 0.136. The molecule has 2 aromatic carbocycles. The molecule has 138 valence electrons. The van der Waals surface area contributed by atoms with Crippen molar-refractivity contribution in [2.45, 2.75) is 25.6 Å². The van der Waals surface area contributed by atoms with E-state index in [2.05, 4.69) is 21.7 Å². The van der Waals surface area contributed by atoms with Crippen LogP contribution in [0.3, 0.4) is 0 Å². The summed E-state index contributed by atoms with van der Waals surface area (Å²) in [4.78, 5) is 4.42. The van der Waals surface area contributed by atoms with Crippen LogP contribution >= 0.6 is 0 Å². The minimum absolute atomic E-state index is 0.0540. The average Bonchev–Trinajstić information content (AvgIpc) is 3.07. The molecule has 2 atom stereocenters. The van der Waals surface area contributed by atoms with Gasteiger partial charge in [-0.05, 0) is 36.2 Å². The summed E-state index contributed by atoms with van der Waals surface area (Å²) in [5.74, 6) is 1.23. The van der Waals surface area contributed by atoms with Crippen LogP contribution < -0.4 is 15.4 Å². The van der Waals surface area contributed by atoms with Gasteiger partial charge < -0.3 is 20.5 Å². The van der Waals surface area contributed by atoms with Crippen molar-refractivity contribution in [3.8, 4) is 5.75 Å². The van der Waals surface area contributed by atoms with Crippen LogP contribution in [-0.4, -0.2) is 36.8 Å². The van der Waals surface area contributed by atoms with Gasteiger partial charge in [-0.3, -0.25) is 4.99 Å². The fraction of sp³-hybridized carbons (Fsp3) is 0.350. The fourth-order valence-corrected chi connectivity index (χ4v) is 2.89. The van der Waals surface area contributed by atoms with Crippen LogP contribution in [0.25, 0.3) is 0 Å². The maximum atomic E-state index is 13.0. The molecule has 3 rings (SSSR count). The molecule has 1 aliphatic rings. The zero-order valence-electron chi connectivity index (χ0n) is 14.8. The van der Waals surface area contributed by atoms with Crippen molar-refractivity contribution in [3.05, 3.63) is 65.5 Å². The minimum atomic E-state index is -0.780. The van der Waals surface area contributed by atoms with Gasteiger partial charge in [-0.2, -0.15) is 0 Å². The number of ether oxygens (including phenoxy) is 1. The molecule has 1 heterocycles. The summed E-state index contributed by atoms with van der Waals surface area (Å²) in [6.45, 7) is 3.50. The monoisotopic (exact) mass is 357 g/mol. The molecule has 0 amide bonds. The van der Waals surface area contributed by atoms with Gasteiger partial charge in [-0.25, -0.2) is 4.39 Å². The van der Waals surface area contributed by atoms with E-state index < -0.39 is 6.10 Å². The lowest BCUT2D eigenvalue weighted by Gasteiger charge is -2.16. The normalized spacial score (nSPS) is 17.3. The summed E-state index contributed by atoms with van der Waals surface area (Å²) in [5.41, 5.74) is 1.86. The molecule has 2 aromatic rings. The molecule has 0 aliphatic carbocycles. The Hall–Kier alpha value is -2.60. The molecule has 1 aliphatic heterocycles. The van der Waals surface area contributed by atoms with Gasteiger partial charge in [0.05, 0.1) is 19.2 Å². The van der Waals surface area contributed by atoms with Crippen LogP contribution in [0.2, 0.25) is 0 Å². The first kappa shape index (κ1) is 18.2. The van der Waals surface area contributed by atoms with Crippen molar-refractivity contribution in [2.75, 3.05) is 19.6 Å². The molecule has 0 aromatic heterocycles. The van der Waals surface area contributed by atoms with E-state index in [4.69, 9.17) is 4.74 Å². The van der Waals surface area contributed by atoms with Gasteiger partial charge in [0.2, 0.25) is 0 Å². The molecule has 0 radical (unpaired) electrons. The van der Waals surface area contributed by atoms with Gasteiger partial charge in [0.25, 0.3) is 0 Å². The molecule has 6 heteroatoms. The number of aliphatic hydroxyl groups excluding tert-OH is 1. The molecule has 26 heavy (non-hydrogen) atoms. The molecular weight excluding hydrogens is 333 g/mol. The Morgan fingerprint density at radius 3 is 2.73 bits per heavy atom. The molecule has 5 nitrogen and oxygen atoms in total. The lowest BCUT2D eigenvalue weighted by atomic mass is 10.1. The van der Waals surface area contributed by atoms with Crippen LogP contribution in [0.4, 0.5) is 4.39 Å². The lowest BCUT2D eigenvalue weighted by Crippen LogP contribution is -2.42. The van der Waals surface area contributed by atoms with Crippen molar-refractivity contribution < 1.29 is 14.2 Å². The van der Waals surface area contributed by atoms with E-state index in [-0.39, 0.29) is 18.5 Å². The second kappa shape index (κ2) is 8.67. The second-order valence-corrected chi connectivity index (χ2v) is 6.22. The summed E-state index contributed by atoms with van der Waals surface area (Å²) in [6, 6.07) is 13.8. The van der Waals surface area contributed by atoms with E-state index in [0.717, 1.165) is 12.2 Å². The number of aliphatic imine (C=N–C) groups is 1. The molecule has 2 unspecified atom stereocenters. The third-order valence-electron chi connectivity index (χ3n) is 4.23. The highest BCUT2D eigenvalue weighted by Crippen LogP contribution is 2.27. The van der Waals surface area contributed by atoms with E-state index in [1.807, 2.05) is 25.1 Å². The molecular formula is C20H24FN3O2. The zero-order chi connectivity index (χ0) is 18.4. The number of hydrogen-bond donors (Lipinski definition) is 3. The maximum Gasteiger partial charge on any atom is 0.191 e. The van der Waals surface area contributed by atoms with E-state index >= 15 is 0 Å². The third kappa shape index (κ3) is 4.73. The number of benzene rings is 2. The molecule has 0 spiro atoms. The summed E-state index contributed by atoms with van der Waals surface area (Å²) in [5, 5.41) is 16.6. The standard InChI is InChI=1S/C20H24FN3O2/c1-2-22-20(24-13-18(25)14-7-9-16(21)10-8-14)23-12-17-11-15-5-3-4-6-19(15)26-17/h3-10,17-18,25H,2,11-13H2,1H3,(H2,22,23,24). The molecule has 0 saturated carbocycles. The van der Waals surface area contributed by atoms with Gasteiger partial charge in [-0.1, -0.05) is 30.3 Å². The molecule has 0 saturated heterocycles. The summed E-state index contributed by atoms with van der Waals surface area (Å²) >= 11 is 0. The highest BCUT2D eigenvalue weighted by Gasteiger charge is 2.22. The second-order valence-electron chi connectivity index (χ2n) is 6.22. The highest BCUT2D eigenvalue weighted by atomic mass is 19.1. The predicted octanol–water partition coefficient (Wildman–Crippen LogP) is 2.42. The van der Waals surface area contributed by atoms with Gasteiger partial charge in [0.15, 0.2) is 5.96 Å². The Kier molecular flexibility index (Phi) is 6.07. The third-order valence-corrected chi connectivity index (χ3v) is 4.23. The SMILES string of the molecule is CCNC(=NCC(O)c1ccc(F)cc1)NCC1Cc2ccccc2O1. The number of hydrogen-bond acceptors (Lipinski definition) is 3. The Labute approximate surface area is 152 Å². The van der Waals surface area contributed by atoms with Crippen molar-refractivity contribution in [1.82, 2.24) is 10.6 Å². The highest BCUT2D eigenvalue weighted by molar-refractivity contribution is 5.79. The predicted molar refractivity (Wildman–Crippen MR) is 99.9 cm³/mol. The number of fused-ring (bicyclic) bond motifs is 1. The van der Waals surface area contributed by atoms with E-state index in [0.29, 0.717) is 24.6 Å².